The van der Waals surface area contributed by atoms with Crippen LogP contribution in [0.5, 0.6) is 0 Å². The highest BCUT2D eigenvalue weighted by Gasteiger charge is 2.05. The highest BCUT2D eigenvalue weighted by Crippen LogP contribution is 2.08. The Labute approximate surface area is 95.3 Å². The molecule has 0 fully saturated rings. The standard InChI is InChI=1S/C12H19FN2O/c1-3-15(4-2)6-5-10-9-14-12(16)7-11(10)8-13/h7,9H,3-6,8H2,1-2H3,(H,14,16). The number of hydrogen-bond donors (Lipinski definition) is 1. The van der Waals surface area contributed by atoms with Gasteiger partial charge >= 0.3 is 0 Å². The molecule has 1 aromatic heterocycles. The Kier molecular flexibility index (Phi) is 5.19. The zero-order valence-corrected chi connectivity index (χ0v) is 9.92. The van der Waals surface area contributed by atoms with Crippen LogP contribution in [0.2, 0.25) is 0 Å². The lowest BCUT2D eigenvalue weighted by Crippen LogP contribution is -2.25. The maximum atomic E-state index is 12.7. The molecule has 1 heterocycles. The van der Waals surface area contributed by atoms with Gasteiger partial charge in [-0.1, -0.05) is 13.8 Å². The first kappa shape index (κ1) is 12.9. The van der Waals surface area contributed by atoms with Gasteiger partial charge in [0.25, 0.3) is 0 Å². The molecule has 1 rings (SSSR count). The molecule has 1 aromatic rings. The van der Waals surface area contributed by atoms with Crippen LogP contribution in [0.4, 0.5) is 4.39 Å². The second-order valence-electron chi connectivity index (χ2n) is 3.76. The van der Waals surface area contributed by atoms with Crippen molar-refractivity contribution < 1.29 is 4.39 Å². The van der Waals surface area contributed by atoms with Crippen molar-refractivity contribution in [3.05, 3.63) is 33.7 Å². The summed E-state index contributed by atoms with van der Waals surface area (Å²) in [4.78, 5) is 15.9. The molecule has 3 nitrogen and oxygen atoms in total. The van der Waals surface area contributed by atoms with Crippen molar-refractivity contribution in [2.75, 3.05) is 19.6 Å². The molecule has 0 aliphatic carbocycles. The molecule has 0 bridgehead atoms. The van der Waals surface area contributed by atoms with Gasteiger partial charge in [0.1, 0.15) is 6.67 Å². The van der Waals surface area contributed by atoms with E-state index in [1.54, 1.807) is 6.20 Å². The van der Waals surface area contributed by atoms with Crippen LogP contribution < -0.4 is 5.56 Å². The van der Waals surface area contributed by atoms with Crippen molar-refractivity contribution in [3.8, 4) is 0 Å². The van der Waals surface area contributed by atoms with Crippen LogP contribution in [0.1, 0.15) is 25.0 Å². The number of nitrogens with zero attached hydrogens (tertiary/aromatic N) is 1. The number of aromatic nitrogens is 1. The molecular weight excluding hydrogens is 207 g/mol. The molecule has 0 unspecified atom stereocenters. The first-order chi connectivity index (χ1) is 7.71. The van der Waals surface area contributed by atoms with Gasteiger partial charge in [-0.05, 0) is 30.6 Å². The fourth-order valence-corrected chi connectivity index (χ4v) is 1.72. The first-order valence-electron chi connectivity index (χ1n) is 5.70. The number of aromatic amines is 1. The summed E-state index contributed by atoms with van der Waals surface area (Å²) in [5.74, 6) is 0. The normalized spacial score (nSPS) is 11.0. The summed E-state index contributed by atoms with van der Waals surface area (Å²) in [6, 6.07) is 1.34. The summed E-state index contributed by atoms with van der Waals surface area (Å²) in [7, 11) is 0. The summed E-state index contributed by atoms with van der Waals surface area (Å²) < 4.78 is 12.7. The molecule has 90 valence electrons. The molecule has 0 aliphatic rings. The zero-order valence-electron chi connectivity index (χ0n) is 9.92. The number of nitrogens with one attached hydrogen (secondary N) is 1. The molecule has 0 atom stereocenters. The SMILES string of the molecule is CCN(CC)CCc1c[nH]c(=O)cc1CF. The predicted octanol–water partition coefficient (Wildman–Crippen LogP) is 1.73. The lowest BCUT2D eigenvalue weighted by molar-refractivity contribution is 0.307. The average Bonchev–Trinajstić information content (AvgIpc) is 2.31. The number of pyridine rings is 1. The quantitative estimate of drug-likeness (QED) is 0.802. The van der Waals surface area contributed by atoms with Crippen LogP contribution in [0, 0.1) is 0 Å². The summed E-state index contributed by atoms with van der Waals surface area (Å²) in [5, 5.41) is 0. The van der Waals surface area contributed by atoms with Gasteiger partial charge in [0, 0.05) is 18.8 Å². The Morgan fingerprint density at radius 2 is 2.00 bits per heavy atom. The van der Waals surface area contributed by atoms with E-state index in [2.05, 4.69) is 23.7 Å². The maximum absolute atomic E-state index is 12.7. The minimum absolute atomic E-state index is 0.237. The Morgan fingerprint density at radius 3 is 2.56 bits per heavy atom. The van der Waals surface area contributed by atoms with E-state index in [4.69, 9.17) is 0 Å². The molecule has 1 N–H and O–H groups in total. The molecule has 16 heavy (non-hydrogen) atoms. The third-order valence-electron chi connectivity index (χ3n) is 2.84. The van der Waals surface area contributed by atoms with Crippen LogP contribution >= 0.6 is 0 Å². The van der Waals surface area contributed by atoms with Crippen LogP contribution in [0.25, 0.3) is 0 Å². The van der Waals surface area contributed by atoms with Crippen molar-refractivity contribution in [1.82, 2.24) is 9.88 Å². The van der Waals surface area contributed by atoms with Crippen molar-refractivity contribution >= 4 is 0 Å². The van der Waals surface area contributed by atoms with Crippen molar-refractivity contribution in [2.45, 2.75) is 26.9 Å². The number of H-pyrrole nitrogens is 1. The number of alkyl halides is 1. The molecule has 0 radical (unpaired) electrons. The Morgan fingerprint density at radius 1 is 1.31 bits per heavy atom. The van der Waals surface area contributed by atoms with E-state index < -0.39 is 6.67 Å². The smallest absolute Gasteiger partial charge is 0.248 e. The van der Waals surface area contributed by atoms with Gasteiger partial charge in [0.2, 0.25) is 5.56 Å². The Balaban J connectivity index is 2.69. The van der Waals surface area contributed by atoms with E-state index in [0.717, 1.165) is 31.6 Å². The summed E-state index contributed by atoms with van der Waals surface area (Å²) >= 11 is 0. The van der Waals surface area contributed by atoms with E-state index >= 15 is 0 Å². The number of rotatable bonds is 6. The number of likely N-dealkylation sites (N-methyl/N-ethyl adjacent to an activating group) is 1. The second kappa shape index (κ2) is 6.43. The van der Waals surface area contributed by atoms with Gasteiger partial charge in [-0.3, -0.25) is 4.79 Å². The van der Waals surface area contributed by atoms with Gasteiger partial charge in [-0.25, -0.2) is 4.39 Å². The molecule has 0 spiro atoms. The first-order valence-corrected chi connectivity index (χ1v) is 5.70. The molecule has 0 amide bonds. The van der Waals surface area contributed by atoms with Gasteiger partial charge in [0.15, 0.2) is 0 Å². The van der Waals surface area contributed by atoms with E-state index in [9.17, 15) is 9.18 Å². The fraction of sp³-hybridized carbons (Fsp3) is 0.583. The molecule has 0 saturated heterocycles. The largest absolute Gasteiger partial charge is 0.329 e. The van der Waals surface area contributed by atoms with Crippen LogP contribution in [-0.4, -0.2) is 29.5 Å². The predicted molar refractivity (Wildman–Crippen MR) is 63.4 cm³/mol. The third-order valence-corrected chi connectivity index (χ3v) is 2.84. The Bertz CT molecular complexity index is 372. The zero-order chi connectivity index (χ0) is 12.0. The molecule has 0 aromatic carbocycles. The van der Waals surface area contributed by atoms with Crippen LogP contribution in [0.15, 0.2) is 17.1 Å². The molecule has 0 saturated carbocycles. The van der Waals surface area contributed by atoms with Crippen molar-refractivity contribution in [2.24, 2.45) is 0 Å². The van der Waals surface area contributed by atoms with Gasteiger partial charge in [0.05, 0.1) is 0 Å². The van der Waals surface area contributed by atoms with Crippen LogP contribution in [-0.2, 0) is 13.1 Å². The third kappa shape index (κ3) is 3.45. The van der Waals surface area contributed by atoms with E-state index in [1.165, 1.54) is 6.07 Å². The van der Waals surface area contributed by atoms with Gasteiger partial charge < -0.3 is 9.88 Å². The highest BCUT2D eigenvalue weighted by atomic mass is 19.1. The van der Waals surface area contributed by atoms with E-state index in [0.29, 0.717) is 5.56 Å². The summed E-state index contributed by atoms with van der Waals surface area (Å²) in [5.41, 5.74) is 1.17. The average molecular weight is 226 g/mol. The second-order valence-corrected chi connectivity index (χ2v) is 3.76. The van der Waals surface area contributed by atoms with Gasteiger partial charge in [-0.2, -0.15) is 0 Å². The van der Waals surface area contributed by atoms with Crippen molar-refractivity contribution in [3.63, 3.8) is 0 Å². The summed E-state index contributed by atoms with van der Waals surface area (Å²) in [6.07, 6.45) is 2.40. The van der Waals surface area contributed by atoms with Gasteiger partial charge in [-0.15, -0.1) is 0 Å². The minimum atomic E-state index is -0.572. The number of hydrogen-bond acceptors (Lipinski definition) is 2. The van der Waals surface area contributed by atoms with E-state index in [-0.39, 0.29) is 5.56 Å². The summed E-state index contributed by atoms with van der Waals surface area (Å²) in [6.45, 7) is 6.51. The molecular formula is C12H19FN2O. The monoisotopic (exact) mass is 226 g/mol. The number of halogens is 1. The molecule has 0 aliphatic heterocycles. The topological polar surface area (TPSA) is 36.1 Å². The highest BCUT2D eigenvalue weighted by molar-refractivity contribution is 5.22. The lowest BCUT2D eigenvalue weighted by Gasteiger charge is -2.18. The maximum Gasteiger partial charge on any atom is 0.248 e. The molecule has 4 heteroatoms. The fourth-order valence-electron chi connectivity index (χ4n) is 1.72. The Hall–Kier alpha value is -1.16. The lowest BCUT2D eigenvalue weighted by atomic mass is 10.1. The van der Waals surface area contributed by atoms with Crippen molar-refractivity contribution in [1.29, 1.82) is 0 Å². The van der Waals surface area contributed by atoms with E-state index in [1.807, 2.05) is 0 Å². The minimum Gasteiger partial charge on any atom is -0.329 e. The van der Waals surface area contributed by atoms with Crippen LogP contribution in [0.3, 0.4) is 0 Å².